The molecule has 0 aromatic heterocycles. The number of anilines is 1. The maximum absolute atomic E-state index is 6.07. The van der Waals surface area contributed by atoms with E-state index in [2.05, 4.69) is 28.4 Å². The van der Waals surface area contributed by atoms with E-state index in [1.165, 1.54) is 49.2 Å². The van der Waals surface area contributed by atoms with E-state index in [1.54, 1.807) is 0 Å². The van der Waals surface area contributed by atoms with Crippen LogP contribution in [0.1, 0.15) is 24.0 Å². The summed E-state index contributed by atoms with van der Waals surface area (Å²) in [6.07, 6.45) is 4.96. The van der Waals surface area contributed by atoms with E-state index < -0.39 is 0 Å². The van der Waals surface area contributed by atoms with Crippen molar-refractivity contribution in [3.8, 4) is 0 Å². The maximum atomic E-state index is 6.07. The summed E-state index contributed by atoms with van der Waals surface area (Å²) in [6, 6.07) is 6.80. The number of benzene rings is 1. The fourth-order valence-electron chi connectivity index (χ4n) is 4.96. The molecule has 3 heteroatoms. The number of likely N-dealkylation sites (tertiary alicyclic amines) is 1. The van der Waals surface area contributed by atoms with Crippen molar-refractivity contribution >= 4 is 5.69 Å². The minimum Gasteiger partial charge on any atom is -0.384 e. The Kier molecular flexibility index (Phi) is 2.44. The molecule has 4 atom stereocenters. The van der Waals surface area contributed by atoms with Crippen LogP contribution in [-0.2, 0) is 17.7 Å². The number of rotatable bonds is 2. The molecule has 3 saturated heterocycles. The molecule has 1 N–H and O–H groups in total. The van der Waals surface area contributed by atoms with E-state index in [1.807, 2.05) is 0 Å². The first-order chi connectivity index (χ1) is 9.88. The molecule has 106 valence electrons. The monoisotopic (exact) mass is 270 g/mol. The predicted molar refractivity (Wildman–Crippen MR) is 78.8 cm³/mol. The summed E-state index contributed by atoms with van der Waals surface area (Å²) in [6.45, 7) is 4.71. The number of hydrogen-bond acceptors (Lipinski definition) is 3. The number of hydrogen-bond donors (Lipinski definition) is 1. The normalized spacial score (nSPS) is 38.0. The van der Waals surface area contributed by atoms with Crippen LogP contribution in [0.15, 0.2) is 18.2 Å². The van der Waals surface area contributed by atoms with Crippen LogP contribution in [0.2, 0.25) is 0 Å². The van der Waals surface area contributed by atoms with Gasteiger partial charge in [-0.2, -0.15) is 0 Å². The molecule has 0 spiro atoms. The van der Waals surface area contributed by atoms with Crippen molar-refractivity contribution in [2.45, 2.75) is 38.0 Å². The van der Waals surface area contributed by atoms with Crippen molar-refractivity contribution in [3.05, 3.63) is 29.3 Å². The average Bonchev–Trinajstić information content (AvgIpc) is 3.20. The Morgan fingerprint density at radius 1 is 1.15 bits per heavy atom. The molecule has 5 rings (SSSR count). The van der Waals surface area contributed by atoms with Gasteiger partial charge in [0.25, 0.3) is 0 Å². The third kappa shape index (κ3) is 1.60. The lowest BCUT2D eigenvalue weighted by Gasteiger charge is -2.20. The highest BCUT2D eigenvalue weighted by molar-refractivity contribution is 5.61. The third-order valence-electron chi connectivity index (χ3n) is 5.86. The van der Waals surface area contributed by atoms with E-state index >= 15 is 0 Å². The molecular formula is C17H22N2O. The van der Waals surface area contributed by atoms with Crippen molar-refractivity contribution < 1.29 is 4.74 Å². The van der Waals surface area contributed by atoms with Crippen molar-refractivity contribution in [1.82, 2.24) is 4.90 Å². The molecule has 2 bridgehead atoms. The summed E-state index contributed by atoms with van der Waals surface area (Å²) >= 11 is 0. The van der Waals surface area contributed by atoms with Gasteiger partial charge in [-0.3, -0.25) is 4.90 Å². The largest absolute Gasteiger partial charge is 0.384 e. The van der Waals surface area contributed by atoms with E-state index in [9.17, 15) is 0 Å². The Bertz CT molecular complexity index is 526. The molecule has 1 aromatic rings. The van der Waals surface area contributed by atoms with Gasteiger partial charge in [-0.15, -0.1) is 0 Å². The van der Waals surface area contributed by atoms with Gasteiger partial charge in [-0.1, -0.05) is 18.2 Å². The molecule has 0 amide bonds. The van der Waals surface area contributed by atoms with Gasteiger partial charge in [0.1, 0.15) is 0 Å². The lowest BCUT2D eigenvalue weighted by atomic mass is 9.82. The fourth-order valence-corrected chi connectivity index (χ4v) is 4.96. The van der Waals surface area contributed by atoms with Crippen molar-refractivity contribution in [1.29, 1.82) is 0 Å². The standard InChI is InChI=1S/C17H22N2O/c1-2-11-6-7-18-17(11)12(3-1)8-19-9-13-14(10-19)16-5-4-15(13)20-16/h1-3,13-16,18H,4-10H2. The Morgan fingerprint density at radius 2 is 1.95 bits per heavy atom. The van der Waals surface area contributed by atoms with Crippen molar-refractivity contribution in [2.24, 2.45) is 11.8 Å². The summed E-state index contributed by atoms with van der Waals surface area (Å²) in [5.41, 5.74) is 4.42. The molecule has 4 aliphatic rings. The first-order valence-corrected chi connectivity index (χ1v) is 8.11. The van der Waals surface area contributed by atoms with Gasteiger partial charge < -0.3 is 10.1 Å². The zero-order chi connectivity index (χ0) is 13.1. The molecule has 0 radical (unpaired) electrons. The van der Waals surface area contributed by atoms with Gasteiger partial charge in [0.15, 0.2) is 0 Å². The van der Waals surface area contributed by atoms with Crippen LogP contribution >= 0.6 is 0 Å². The van der Waals surface area contributed by atoms with Crippen LogP contribution in [0.5, 0.6) is 0 Å². The molecule has 0 saturated carbocycles. The molecule has 20 heavy (non-hydrogen) atoms. The van der Waals surface area contributed by atoms with Crippen molar-refractivity contribution in [3.63, 3.8) is 0 Å². The topological polar surface area (TPSA) is 24.5 Å². The highest BCUT2D eigenvalue weighted by atomic mass is 16.5. The van der Waals surface area contributed by atoms with Gasteiger partial charge in [0.2, 0.25) is 0 Å². The lowest BCUT2D eigenvalue weighted by Crippen LogP contribution is -2.24. The highest BCUT2D eigenvalue weighted by Gasteiger charge is 2.52. The second kappa shape index (κ2) is 4.22. The van der Waals surface area contributed by atoms with Gasteiger partial charge in [-0.05, 0) is 30.4 Å². The first-order valence-electron chi connectivity index (χ1n) is 8.11. The molecule has 0 aliphatic carbocycles. The maximum Gasteiger partial charge on any atom is 0.0624 e. The van der Waals surface area contributed by atoms with E-state index in [0.717, 1.165) is 24.9 Å². The van der Waals surface area contributed by atoms with Gasteiger partial charge in [0, 0.05) is 43.7 Å². The van der Waals surface area contributed by atoms with Gasteiger partial charge in [0.05, 0.1) is 12.2 Å². The molecule has 4 aliphatic heterocycles. The molecule has 3 nitrogen and oxygen atoms in total. The Morgan fingerprint density at radius 3 is 2.75 bits per heavy atom. The van der Waals surface area contributed by atoms with E-state index in [0.29, 0.717) is 12.2 Å². The number of para-hydroxylation sites is 1. The smallest absolute Gasteiger partial charge is 0.0624 e. The number of nitrogens with one attached hydrogen (secondary N) is 1. The second-order valence-corrected chi connectivity index (χ2v) is 6.94. The minimum absolute atomic E-state index is 0.578. The van der Waals surface area contributed by atoms with Gasteiger partial charge >= 0.3 is 0 Å². The number of nitrogens with zero attached hydrogens (tertiary/aromatic N) is 1. The van der Waals surface area contributed by atoms with Crippen LogP contribution in [0.25, 0.3) is 0 Å². The molecular weight excluding hydrogens is 248 g/mol. The Balaban J connectivity index is 1.35. The number of ether oxygens (including phenoxy) is 1. The zero-order valence-electron chi connectivity index (χ0n) is 11.8. The predicted octanol–water partition coefficient (Wildman–Crippen LogP) is 2.26. The average molecular weight is 270 g/mol. The van der Waals surface area contributed by atoms with Gasteiger partial charge in [-0.25, -0.2) is 0 Å². The van der Waals surface area contributed by atoms with Crippen LogP contribution in [-0.4, -0.2) is 36.7 Å². The van der Waals surface area contributed by atoms with Crippen LogP contribution < -0.4 is 5.32 Å². The van der Waals surface area contributed by atoms with Crippen LogP contribution in [0.4, 0.5) is 5.69 Å². The lowest BCUT2D eigenvalue weighted by molar-refractivity contribution is 0.0697. The zero-order valence-corrected chi connectivity index (χ0v) is 11.8. The summed E-state index contributed by atoms with van der Waals surface area (Å²) in [7, 11) is 0. The Hall–Kier alpha value is -1.06. The van der Waals surface area contributed by atoms with E-state index in [4.69, 9.17) is 4.74 Å². The summed E-state index contributed by atoms with van der Waals surface area (Å²) in [4.78, 5) is 2.67. The first kappa shape index (κ1) is 11.6. The quantitative estimate of drug-likeness (QED) is 0.892. The number of fused-ring (bicyclic) bond motifs is 6. The second-order valence-electron chi connectivity index (χ2n) is 6.94. The SMILES string of the molecule is c1cc2c(c(CN3CC4C5CCC(O5)C4C3)c1)NCC2. The molecule has 3 fully saturated rings. The van der Waals surface area contributed by atoms with Crippen LogP contribution in [0.3, 0.4) is 0 Å². The molecule has 4 heterocycles. The fraction of sp³-hybridized carbons (Fsp3) is 0.647. The Labute approximate surface area is 120 Å². The summed E-state index contributed by atoms with van der Waals surface area (Å²) in [5, 5.41) is 3.57. The molecule has 1 aromatic carbocycles. The van der Waals surface area contributed by atoms with E-state index in [-0.39, 0.29) is 0 Å². The molecule has 4 unspecified atom stereocenters. The summed E-state index contributed by atoms with van der Waals surface area (Å²) in [5.74, 6) is 1.64. The van der Waals surface area contributed by atoms with Crippen LogP contribution in [0, 0.1) is 11.8 Å². The van der Waals surface area contributed by atoms with Crippen molar-refractivity contribution in [2.75, 3.05) is 25.0 Å². The summed E-state index contributed by atoms with van der Waals surface area (Å²) < 4.78 is 6.07. The highest BCUT2D eigenvalue weighted by Crippen LogP contribution is 2.47. The minimum atomic E-state index is 0.578. The third-order valence-corrected chi connectivity index (χ3v) is 5.86.